The summed E-state index contributed by atoms with van der Waals surface area (Å²) < 4.78 is 4.15. The molecule has 1 atom stereocenters. The average Bonchev–Trinajstić information content (AvgIpc) is 1.86. The van der Waals surface area contributed by atoms with Crippen LogP contribution in [0.5, 0.6) is 0 Å². The van der Waals surface area contributed by atoms with Gasteiger partial charge in [-0.25, -0.2) is 4.79 Å². The Bertz CT molecular complexity index is 156. The number of hydrogen-bond donors (Lipinski definition) is 0. The second-order valence-electron chi connectivity index (χ2n) is 2.35. The van der Waals surface area contributed by atoms with E-state index in [9.17, 15) is 9.59 Å². The molecule has 0 aliphatic carbocycles. The highest BCUT2D eigenvalue weighted by atomic mass is 35.5. The van der Waals surface area contributed by atoms with Crippen LogP contribution in [0.3, 0.4) is 0 Å². The molecule has 0 bridgehead atoms. The first kappa shape index (κ1) is 10.4. The highest BCUT2D eigenvalue weighted by Gasteiger charge is 2.15. The normalized spacial score (nSPS) is 12.3. The zero-order chi connectivity index (χ0) is 8.85. The summed E-state index contributed by atoms with van der Waals surface area (Å²) in [4.78, 5) is 20.9. The Morgan fingerprint density at radius 2 is 2.09 bits per heavy atom. The lowest BCUT2D eigenvalue weighted by molar-refractivity contribution is -0.140. The molecule has 0 aliphatic heterocycles. The molecule has 0 aromatic heterocycles. The van der Waals surface area contributed by atoms with Crippen molar-refractivity contribution in [2.75, 3.05) is 0 Å². The average molecular weight is 179 g/mol. The van der Waals surface area contributed by atoms with Crippen LogP contribution in [0.2, 0.25) is 0 Å². The molecule has 0 aliphatic rings. The molecule has 3 nitrogen and oxygen atoms in total. The molecule has 64 valence electrons. The molecule has 0 rings (SSSR count). The van der Waals surface area contributed by atoms with E-state index in [1.165, 1.54) is 0 Å². The van der Waals surface area contributed by atoms with Gasteiger partial charge in [-0.1, -0.05) is 20.3 Å². The largest absolute Gasteiger partial charge is 0.411 e. The van der Waals surface area contributed by atoms with Crippen LogP contribution in [0.15, 0.2) is 0 Å². The second-order valence-corrected chi connectivity index (χ2v) is 2.66. The summed E-state index contributed by atoms with van der Waals surface area (Å²) in [5.74, 6) is -0.797. The van der Waals surface area contributed by atoms with Crippen molar-refractivity contribution in [3.8, 4) is 0 Å². The standard InChI is InChI=1S/C7H11ClO3/c1-3-4-5(2)6(9)11-7(8)10/h5H,3-4H2,1-2H3. The third-order valence-corrected chi connectivity index (χ3v) is 1.38. The molecule has 0 heterocycles. The van der Waals surface area contributed by atoms with Crippen molar-refractivity contribution >= 4 is 23.0 Å². The Morgan fingerprint density at radius 1 is 1.55 bits per heavy atom. The molecule has 11 heavy (non-hydrogen) atoms. The van der Waals surface area contributed by atoms with Gasteiger partial charge in [-0.2, -0.15) is 0 Å². The van der Waals surface area contributed by atoms with Crippen LogP contribution in [0.1, 0.15) is 26.7 Å². The summed E-state index contributed by atoms with van der Waals surface area (Å²) in [6, 6.07) is 0. The quantitative estimate of drug-likeness (QED) is 0.379. The van der Waals surface area contributed by atoms with Gasteiger partial charge in [0.1, 0.15) is 0 Å². The molecule has 0 fully saturated rings. The van der Waals surface area contributed by atoms with Crippen LogP contribution in [0.25, 0.3) is 0 Å². The van der Waals surface area contributed by atoms with Crippen LogP contribution < -0.4 is 0 Å². The molecule has 1 unspecified atom stereocenters. The van der Waals surface area contributed by atoms with E-state index in [-0.39, 0.29) is 5.92 Å². The van der Waals surface area contributed by atoms with Crippen LogP contribution >= 0.6 is 11.6 Å². The minimum Gasteiger partial charge on any atom is -0.380 e. The number of carbonyl (C=O) groups is 2. The van der Waals surface area contributed by atoms with Gasteiger partial charge >= 0.3 is 11.4 Å². The predicted molar refractivity (Wildman–Crippen MR) is 41.4 cm³/mol. The monoisotopic (exact) mass is 178 g/mol. The number of halogens is 1. The highest BCUT2D eigenvalue weighted by Crippen LogP contribution is 2.07. The lowest BCUT2D eigenvalue weighted by Gasteiger charge is -2.05. The maximum Gasteiger partial charge on any atom is 0.411 e. The van der Waals surface area contributed by atoms with E-state index >= 15 is 0 Å². The van der Waals surface area contributed by atoms with Gasteiger partial charge in [0.15, 0.2) is 0 Å². The molecule has 0 aromatic rings. The highest BCUT2D eigenvalue weighted by molar-refractivity contribution is 6.61. The molecule has 0 spiro atoms. The predicted octanol–water partition coefficient (Wildman–Crippen LogP) is 2.32. The topological polar surface area (TPSA) is 43.4 Å². The van der Waals surface area contributed by atoms with Gasteiger partial charge < -0.3 is 4.74 Å². The SMILES string of the molecule is CCCC(C)C(=O)OC(=O)Cl. The van der Waals surface area contributed by atoms with Crippen LogP contribution in [-0.2, 0) is 9.53 Å². The number of esters is 1. The molecule has 0 N–H and O–H groups in total. The van der Waals surface area contributed by atoms with E-state index in [2.05, 4.69) is 4.74 Å². The molecule has 0 amide bonds. The van der Waals surface area contributed by atoms with Crippen LogP contribution in [0.4, 0.5) is 4.79 Å². The Kier molecular flexibility index (Phi) is 4.86. The van der Waals surface area contributed by atoms with Gasteiger partial charge in [-0.3, -0.25) is 4.79 Å². The van der Waals surface area contributed by atoms with Gasteiger partial charge in [-0.05, 0) is 6.42 Å². The van der Waals surface area contributed by atoms with Crippen LogP contribution in [-0.4, -0.2) is 11.4 Å². The maximum absolute atomic E-state index is 10.8. The lowest BCUT2D eigenvalue weighted by atomic mass is 10.1. The van der Waals surface area contributed by atoms with E-state index in [4.69, 9.17) is 11.6 Å². The van der Waals surface area contributed by atoms with E-state index < -0.39 is 11.4 Å². The van der Waals surface area contributed by atoms with E-state index in [1.54, 1.807) is 6.92 Å². The summed E-state index contributed by atoms with van der Waals surface area (Å²) in [6.45, 7) is 3.65. The fourth-order valence-electron chi connectivity index (χ4n) is 0.731. The number of carbonyl (C=O) groups excluding carboxylic acids is 2. The third-order valence-electron chi connectivity index (χ3n) is 1.30. The summed E-state index contributed by atoms with van der Waals surface area (Å²) in [5.41, 5.74) is -1.06. The molecule has 0 saturated heterocycles. The summed E-state index contributed by atoms with van der Waals surface area (Å²) in [5, 5.41) is 0. The Balaban J connectivity index is 3.73. The zero-order valence-electron chi connectivity index (χ0n) is 6.59. The fraction of sp³-hybridized carbons (Fsp3) is 0.714. The van der Waals surface area contributed by atoms with Gasteiger partial charge in [-0.15, -0.1) is 0 Å². The van der Waals surface area contributed by atoms with Crippen molar-refractivity contribution in [3.05, 3.63) is 0 Å². The van der Waals surface area contributed by atoms with Gasteiger partial charge in [0.25, 0.3) is 0 Å². The number of rotatable bonds is 3. The first-order valence-electron chi connectivity index (χ1n) is 3.49. The summed E-state index contributed by atoms with van der Waals surface area (Å²) >= 11 is 4.83. The van der Waals surface area contributed by atoms with Gasteiger partial charge in [0, 0.05) is 11.6 Å². The molecule has 0 radical (unpaired) electrons. The van der Waals surface area contributed by atoms with E-state index in [0.717, 1.165) is 6.42 Å². The van der Waals surface area contributed by atoms with E-state index in [1.807, 2.05) is 6.92 Å². The molecule has 4 heteroatoms. The van der Waals surface area contributed by atoms with Crippen molar-refractivity contribution in [2.45, 2.75) is 26.7 Å². The molecular formula is C7H11ClO3. The van der Waals surface area contributed by atoms with Crippen molar-refractivity contribution in [1.29, 1.82) is 0 Å². The molecule has 0 aromatic carbocycles. The van der Waals surface area contributed by atoms with Gasteiger partial charge in [0.2, 0.25) is 0 Å². The lowest BCUT2D eigenvalue weighted by Crippen LogP contribution is -2.15. The minimum absolute atomic E-state index is 0.248. The first-order valence-corrected chi connectivity index (χ1v) is 3.86. The zero-order valence-corrected chi connectivity index (χ0v) is 7.35. The fourth-order valence-corrected chi connectivity index (χ4v) is 0.807. The molecule has 0 saturated carbocycles. The maximum atomic E-state index is 10.8. The Morgan fingerprint density at radius 3 is 2.45 bits per heavy atom. The van der Waals surface area contributed by atoms with Crippen molar-refractivity contribution in [2.24, 2.45) is 5.92 Å². The summed E-state index contributed by atoms with van der Waals surface area (Å²) in [6.07, 6.45) is 1.59. The Hall–Kier alpha value is -0.570. The van der Waals surface area contributed by atoms with Crippen molar-refractivity contribution < 1.29 is 14.3 Å². The number of hydrogen-bond acceptors (Lipinski definition) is 3. The third kappa shape index (κ3) is 4.79. The second kappa shape index (κ2) is 5.13. The van der Waals surface area contributed by atoms with Crippen molar-refractivity contribution in [3.63, 3.8) is 0 Å². The summed E-state index contributed by atoms with van der Waals surface area (Å²) in [7, 11) is 0. The Labute approximate surface area is 70.7 Å². The van der Waals surface area contributed by atoms with E-state index in [0.29, 0.717) is 6.42 Å². The smallest absolute Gasteiger partial charge is 0.380 e. The minimum atomic E-state index is -1.06. The first-order chi connectivity index (χ1) is 5.07. The molecular weight excluding hydrogens is 168 g/mol. The van der Waals surface area contributed by atoms with Gasteiger partial charge in [0.05, 0.1) is 5.92 Å². The van der Waals surface area contributed by atoms with Crippen molar-refractivity contribution in [1.82, 2.24) is 0 Å². The number of ether oxygens (including phenoxy) is 1. The van der Waals surface area contributed by atoms with Crippen LogP contribution in [0, 0.1) is 5.92 Å².